The Morgan fingerprint density at radius 2 is 1.83 bits per heavy atom. The maximum atomic E-state index is 13.1. The van der Waals surface area contributed by atoms with Crippen LogP contribution in [0.15, 0.2) is 52.3 Å². The Bertz CT molecular complexity index is 970. The van der Waals surface area contributed by atoms with E-state index in [9.17, 15) is 13.2 Å². The van der Waals surface area contributed by atoms with Crippen molar-refractivity contribution in [1.82, 2.24) is 9.62 Å². The molecule has 0 radical (unpaired) electrons. The second kappa shape index (κ2) is 9.51. The highest BCUT2D eigenvalue weighted by molar-refractivity contribution is 7.98. The lowest BCUT2D eigenvalue weighted by atomic mass is 9.98. The van der Waals surface area contributed by atoms with Gasteiger partial charge in [-0.05, 0) is 60.9 Å². The molecule has 1 amide bonds. The largest absolute Gasteiger partial charge is 0.339 e. The average Bonchev–Trinajstić information content (AvgIpc) is 2.73. The number of nitrogens with zero attached hydrogens (tertiary/aromatic N) is 1. The number of hydrogen-bond acceptors (Lipinski definition) is 4. The van der Waals surface area contributed by atoms with Crippen LogP contribution in [-0.2, 0) is 16.6 Å². The Kier molecular flexibility index (Phi) is 7.27. The molecule has 1 fully saturated rings. The van der Waals surface area contributed by atoms with Crippen molar-refractivity contribution in [2.45, 2.75) is 36.1 Å². The van der Waals surface area contributed by atoms with Gasteiger partial charge in [0.15, 0.2) is 0 Å². The number of thioether (sulfide) groups is 1. The maximum Gasteiger partial charge on any atom is 0.255 e. The SMILES string of the molecule is CSc1ccc(S(=O)(=O)NCc2ccc(Cl)cc2)cc1C(=O)N1CCC(C)CC1. The van der Waals surface area contributed by atoms with Crippen molar-refractivity contribution in [1.29, 1.82) is 0 Å². The van der Waals surface area contributed by atoms with Crippen LogP contribution in [0.2, 0.25) is 5.02 Å². The minimum Gasteiger partial charge on any atom is -0.339 e. The van der Waals surface area contributed by atoms with Crippen LogP contribution < -0.4 is 4.72 Å². The topological polar surface area (TPSA) is 66.5 Å². The molecule has 0 unspecified atom stereocenters. The zero-order valence-corrected chi connectivity index (χ0v) is 18.9. The van der Waals surface area contributed by atoms with Gasteiger partial charge in [0.2, 0.25) is 10.0 Å². The zero-order valence-electron chi connectivity index (χ0n) is 16.5. The third-order valence-electron chi connectivity index (χ3n) is 5.16. The van der Waals surface area contributed by atoms with Crippen molar-refractivity contribution in [3.63, 3.8) is 0 Å². The Morgan fingerprint density at radius 3 is 2.45 bits per heavy atom. The molecule has 0 saturated carbocycles. The third kappa shape index (κ3) is 5.54. The molecule has 0 atom stereocenters. The lowest BCUT2D eigenvalue weighted by Crippen LogP contribution is -2.38. The summed E-state index contributed by atoms with van der Waals surface area (Å²) in [6.07, 6.45) is 3.83. The molecule has 3 rings (SSSR count). The second-order valence-electron chi connectivity index (χ2n) is 7.29. The summed E-state index contributed by atoms with van der Waals surface area (Å²) in [4.78, 5) is 15.8. The second-order valence-corrected chi connectivity index (χ2v) is 10.3. The Balaban J connectivity index is 1.81. The third-order valence-corrected chi connectivity index (χ3v) is 7.61. The van der Waals surface area contributed by atoms with Crippen molar-refractivity contribution < 1.29 is 13.2 Å². The highest BCUT2D eigenvalue weighted by Crippen LogP contribution is 2.27. The van der Waals surface area contributed by atoms with E-state index in [-0.39, 0.29) is 17.3 Å². The van der Waals surface area contributed by atoms with E-state index < -0.39 is 10.0 Å². The van der Waals surface area contributed by atoms with Gasteiger partial charge >= 0.3 is 0 Å². The molecule has 0 aliphatic carbocycles. The van der Waals surface area contributed by atoms with E-state index in [1.165, 1.54) is 17.8 Å². The van der Waals surface area contributed by atoms with Gasteiger partial charge in [-0.25, -0.2) is 13.1 Å². The summed E-state index contributed by atoms with van der Waals surface area (Å²) in [6.45, 7) is 3.75. The van der Waals surface area contributed by atoms with Crippen LogP contribution in [0, 0.1) is 5.92 Å². The first-order chi connectivity index (χ1) is 13.8. The Labute approximate surface area is 181 Å². The van der Waals surface area contributed by atoms with Crippen LogP contribution in [0.25, 0.3) is 0 Å². The molecule has 8 heteroatoms. The van der Waals surface area contributed by atoms with Gasteiger partial charge in [0.25, 0.3) is 5.91 Å². The number of piperidine rings is 1. The number of sulfonamides is 1. The summed E-state index contributed by atoms with van der Waals surface area (Å²) in [5, 5.41) is 0.597. The zero-order chi connectivity index (χ0) is 21.0. The van der Waals surface area contributed by atoms with Crippen LogP contribution in [0.4, 0.5) is 0 Å². The number of nitrogens with one attached hydrogen (secondary N) is 1. The van der Waals surface area contributed by atoms with Gasteiger partial charge in [0.05, 0.1) is 10.5 Å². The van der Waals surface area contributed by atoms with E-state index in [1.807, 2.05) is 11.2 Å². The molecule has 2 aromatic carbocycles. The summed E-state index contributed by atoms with van der Waals surface area (Å²) in [5.74, 6) is 0.513. The van der Waals surface area contributed by atoms with Crippen molar-refractivity contribution in [2.75, 3.05) is 19.3 Å². The number of carbonyl (C=O) groups excluding carboxylic acids is 1. The first kappa shape index (κ1) is 22.2. The fourth-order valence-electron chi connectivity index (χ4n) is 3.27. The van der Waals surface area contributed by atoms with Crippen LogP contribution >= 0.6 is 23.4 Å². The molecule has 1 saturated heterocycles. The van der Waals surface area contributed by atoms with Crippen LogP contribution in [0.5, 0.6) is 0 Å². The first-order valence-corrected chi connectivity index (χ1v) is 12.6. The fourth-order valence-corrected chi connectivity index (χ4v) is 5.01. The molecular formula is C21H25ClN2O3S2. The van der Waals surface area contributed by atoms with Crippen LogP contribution in [-0.4, -0.2) is 38.6 Å². The molecule has 0 bridgehead atoms. The van der Waals surface area contributed by atoms with E-state index in [0.717, 1.165) is 23.3 Å². The summed E-state index contributed by atoms with van der Waals surface area (Å²) >= 11 is 7.31. The smallest absolute Gasteiger partial charge is 0.255 e. The summed E-state index contributed by atoms with van der Waals surface area (Å²) in [7, 11) is -3.75. The quantitative estimate of drug-likeness (QED) is 0.659. The molecular weight excluding hydrogens is 428 g/mol. The molecule has 1 N–H and O–H groups in total. The van der Waals surface area contributed by atoms with Crippen molar-refractivity contribution in [2.24, 2.45) is 5.92 Å². The number of carbonyl (C=O) groups is 1. The number of rotatable bonds is 6. The molecule has 156 valence electrons. The highest BCUT2D eigenvalue weighted by Gasteiger charge is 2.25. The van der Waals surface area contributed by atoms with E-state index in [2.05, 4.69) is 11.6 Å². The molecule has 5 nitrogen and oxygen atoms in total. The van der Waals surface area contributed by atoms with Gasteiger partial charge in [-0.3, -0.25) is 4.79 Å². The molecule has 1 aliphatic rings. The standard InChI is InChI=1S/C21H25ClN2O3S2/c1-15-9-11-24(12-10-15)21(25)19-13-18(7-8-20(19)28-2)29(26,27)23-14-16-3-5-17(22)6-4-16/h3-8,13,15,23H,9-12,14H2,1-2H3. The maximum absolute atomic E-state index is 13.1. The first-order valence-electron chi connectivity index (χ1n) is 9.51. The van der Waals surface area contributed by atoms with Gasteiger partial charge in [0.1, 0.15) is 0 Å². The van der Waals surface area contributed by atoms with Crippen molar-refractivity contribution in [3.8, 4) is 0 Å². The molecule has 1 aliphatic heterocycles. The van der Waals surface area contributed by atoms with E-state index in [4.69, 9.17) is 11.6 Å². The Hall–Kier alpha value is -1.54. The molecule has 2 aromatic rings. The molecule has 0 spiro atoms. The minimum absolute atomic E-state index is 0.0954. The van der Waals surface area contributed by atoms with Gasteiger partial charge in [-0.15, -0.1) is 11.8 Å². The number of likely N-dealkylation sites (tertiary alicyclic amines) is 1. The van der Waals surface area contributed by atoms with Gasteiger partial charge in [-0.2, -0.15) is 0 Å². The lowest BCUT2D eigenvalue weighted by Gasteiger charge is -2.30. The van der Waals surface area contributed by atoms with Gasteiger partial charge in [-0.1, -0.05) is 30.7 Å². The number of hydrogen-bond donors (Lipinski definition) is 1. The Morgan fingerprint density at radius 1 is 1.17 bits per heavy atom. The molecule has 29 heavy (non-hydrogen) atoms. The van der Waals surface area contributed by atoms with E-state index in [0.29, 0.717) is 29.6 Å². The lowest BCUT2D eigenvalue weighted by molar-refractivity contribution is 0.0693. The minimum atomic E-state index is -3.75. The van der Waals surface area contributed by atoms with E-state index >= 15 is 0 Å². The van der Waals surface area contributed by atoms with Gasteiger partial charge < -0.3 is 4.90 Å². The monoisotopic (exact) mass is 452 g/mol. The number of halogens is 1. The average molecular weight is 453 g/mol. The number of benzene rings is 2. The van der Waals surface area contributed by atoms with E-state index in [1.54, 1.807) is 36.4 Å². The fraction of sp³-hybridized carbons (Fsp3) is 0.381. The molecule has 1 heterocycles. The summed E-state index contributed by atoms with van der Waals surface area (Å²) in [5.41, 5.74) is 1.25. The van der Waals surface area contributed by atoms with Crippen molar-refractivity contribution >= 4 is 39.3 Å². The summed E-state index contributed by atoms with van der Waals surface area (Å²) < 4.78 is 28.2. The van der Waals surface area contributed by atoms with Crippen LogP contribution in [0.3, 0.4) is 0 Å². The van der Waals surface area contributed by atoms with Crippen molar-refractivity contribution in [3.05, 3.63) is 58.6 Å². The highest BCUT2D eigenvalue weighted by atomic mass is 35.5. The van der Waals surface area contributed by atoms with Gasteiger partial charge in [0, 0.05) is 29.6 Å². The molecule has 0 aromatic heterocycles. The predicted molar refractivity (Wildman–Crippen MR) is 118 cm³/mol. The summed E-state index contributed by atoms with van der Waals surface area (Å²) in [6, 6.07) is 11.7. The number of amides is 1. The van der Waals surface area contributed by atoms with Crippen LogP contribution in [0.1, 0.15) is 35.7 Å². The normalized spacial score (nSPS) is 15.5. The predicted octanol–water partition coefficient (Wildman–Crippen LogP) is 4.41.